The number of H-pyrrole nitrogens is 1. The number of hydrogen-bond acceptors (Lipinski definition) is 5. The number of fused-ring (bicyclic) bond motifs is 1. The molecule has 25 heavy (non-hydrogen) atoms. The van der Waals surface area contributed by atoms with Crippen LogP contribution in [0.25, 0.3) is 10.9 Å². The van der Waals surface area contributed by atoms with Gasteiger partial charge in [0.1, 0.15) is 22.5 Å². The van der Waals surface area contributed by atoms with Crippen molar-refractivity contribution in [2.75, 3.05) is 0 Å². The average Bonchev–Trinajstić information content (AvgIpc) is 3.04. The number of halogens is 3. The lowest BCUT2D eigenvalue weighted by atomic mass is 10.2. The molecule has 0 unspecified atom stereocenters. The molecule has 3 rings (SSSR count). The minimum absolute atomic E-state index is 0.0399. The summed E-state index contributed by atoms with van der Waals surface area (Å²) in [6.07, 6.45) is 1.15. The Hall–Kier alpha value is -3.06. The van der Waals surface area contributed by atoms with Crippen molar-refractivity contribution >= 4 is 20.7 Å². The van der Waals surface area contributed by atoms with Gasteiger partial charge in [0.05, 0.1) is 22.7 Å². The number of rotatable bonds is 3. The van der Waals surface area contributed by atoms with Crippen LogP contribution in [-0.2, 0) is 9.84 Å². The van der Waals surface area contributed by atoms with Crippen LogP contribution in [0.3, 0.4) is 0 Å². The topological polar surface area (TPSA) is 95.8 Å². The third-order valence-electron chi connectivity index (χ3n) is 3.36. The summed E-state index contributed by atoms with van der Waals surface area (Å²) in [5.41, 5.74) is -5.56. The summed E-state index contributed by atoms with van der Waals surface area (Å²) in [5, 5.41) is 14.9. The Morgan fingerprint density at radius 3 is 2.52 bits per heavy atom. The van der Waals surface area contributed by atoms with Crippen molar-refractivity contribution in [2.45, 2.75) is 10.4 Å². The van der Waals surface area contributed by atoms with Crippen molar-refractivity contribution in [2.24, 2.45) is 0 Å². The highest BCUT2D eigenvalue weighted by molar-refractivity contribution is 7.92. The first kappa shape index (κ1) is 16.8. The van der Waals surface area contributed by atoms with Gasteiger partial charge in [-0.15, -0.1) is 0 Å². The first-order chi connectivity index (χ1) is 11.8. The normalized spacial score (nSPS) is 12.1. The van der Waals surface area contributed by atoms with Crippen LogP contribution in [0, 0.1) is 11.3 Å². The van der Waals surface area contributed by atoms with E-state index in [9.17, 15) is 21.6 Å². The predicted octanol–water partition coefficient (Wildman–Crippen LogP) is 3.52. The molecule has 6 nitrogen and oxygen atoms in total. The third-order valence-corrected chi connectivity index (χ3v) is 4.89. The lowest BCUT2D eigenvalue weighted by Crippen LogP contribution is -2.23. The highest BCUT2D eigenvalue weighted by Gasteiger charge is 2.48. The highest BCUT2D eigenvalue weighted by Crippen LogP contribution is 2.38. The van der Waals surface area contributed by atoms with E-state index < -0.39 is 20.2 Å². The van der Waals surface area contributed by atoms with Gasteiger partial charge in [-0.05, 0) is 24.3 Å². The van der Waals surface area contributed by atoms with Crippen LogP contribution >= 0.6 is 0 Å². The number of aromatic amines is 1. The second kappa shape index (κ2) is 5.78. The van der Waals surface area contributed by atoms with Crippen LogP contribution in [0.15, 0.2) is 47.5 Å². The molecule has 1 aromatic heterocycles. The van der Waals surface area contributed by atoms with Crippen LogP contribution < -0.4 is 4.74 Å². The molecule has 10 heteroatoms. The van der Waals surface area contributed by atoms with Crippen LogP contribution in [0.4, 0.5) is 13.2 Å². The monoisotopic (exact) mass is 367 g/mol. The molecular formula is C15H8F3N3O3S. The molecule has 0 atom stereocenters. The van der Waals surface area contributed by atoms with Crippen LogP contribution in [0.5, 0.6) is 11.5 Å². The minimum atomic E-state index is -5.55. The first-order valence-corrected chi connectivity index (χ1v) is 8.18. The van der Waals surface area contributed by atoms with Gasteiger partial charge in [0.15, 0.2) is 0 Å². The van der Waals surface area contributed by atoms with E-state index in [2.05, 4.69) is 10.2 Å². The molecule has 0 spiro atoms. The van der Waals surface area contributed by atoms with Gasteiger partial charge < -0.3 is 4.74 Å². The number of ether oxygens (including phenoxy) is 1. The highest BCUT2D eigenvalue weighted by atomic mass is 32.2. The fourth-order valence-corrected chi connectivity index (χ4v) is 3.11. The van der Waals surface area contributed by atoms with Gasteiger partial charge in [0.25, 0.3) is 9.84 Å². The quantitative estimate of drug-likeness (QED) is 0.764. The minimum Gasteiger partial charge on any atom is -0.455 e. The molecule has 128 valence electrons. The Balaban J connectivity index is 2.15. The molecule has 0 fully saturated rings. The fraction of sp³-hybridized carbons (Fsp3) is 0.0667. The van der Waals surface area contributed by atoms with Crippen molar-refractivity contribution in [3.8, 4) is 17.6 Å². The molecule has 0 bridgehead atoms. The Bertz CT molecular complexity index is 1100. The lowest BCUT2D eigenvalue weighted by Gasteiger charge is -2.12. The number of nitrogens with zero attached hydrogens (tertiary/aromatic N) is 2. The van der Waals surface area contributed by atoms with E-state index in [0.717, 1.165) is 18.3 Å². The Kier molecular flexibility index (Phi) is 3.88. The van der Waals surface area contributed by atoms with E-state index >= 15 is 0 Å². The summed E-state index contributed by atoms with van der Waals surface area (Å²) in [6.45, 7) is 0. The summed E-state index contributed by atoms with van der Waals surface area (Å²) < 4.78 is 67.4. The molecule has 1 N–H and O–H groups in total. The van der Waals surface area contributed by atoms with Gasteiger partial charge in [-0.3, -0.25) is 5.10 Å². The fourth-order valence-electron chi connectivity index (χ4n) is 2.19. The maximum atomic E-state index is 12.8. The zero-order chi connectivity index (χ0) is 18.2. The maximum Gasteiger partial charge on any atom is 0.501 e. The Morgan fingerprint density at radius 2 is 1.84 bits per heavy atom. The molecule has 2 aromatic carbocycles. The largest absolute Gasteiger partial charge is 0.501 e. The number of alkyl halides is 3. The van der Waals surface area contributed by atoms with Gasteiger partial charge >= 0.3 is 5.51 Å². The van der Waals surface area contributed by atoms with Gasteiger partial charge in [-0.2, -0.15) is 23.5 Å². The second-order valence-corrected chi connectivity index (χ2v) is 6.79. The number of nitriles is 1. The van der Waals surface area contributed by atoms with E-state index in [1.54, 1.807) is 12.1 Å². The molecule has 0 amide bonds. The molecule has 0 saturated heterocycles. The SMILES string of the molecule is N#Cc1ccccc1Oc1ccc(S(=O)(=O)C(F)(F)F)c2[nH]ncc12. The van der Waals surface area contributed by atoms with Crippen LogP contribution in [0.2, 0.25) is 0 Å². The second-order valence-electron chi connectivity index (χ2n) is 4.88. The Labute approximate surface area is 139 Å². The standard InChI is InChI=1S/C15H8F3N3O3S/c16-15(17,18)25(22,23)13-6-5-12(10-8-20-21-14(10)13)24-11-4-2-1-3-9(11)7-19/h1-6,8H,(H,20,21). The zero-order valence-corrected chi connectivity index (χ0v) is 13.0. The summed E-state index contributed by atoms with van der Waals surface area (Å²) in [7, 11) is -5.55. The van der Waals surface area contributed by atoms with E-state index in [-0.39, 0.29) is 28.0 Å². The van der Waals surface area contributed by atoms with Crippen LogP contribution in [0.1, 0.15) is 5.56 Å². The van der Waals surface area contributed by atoms with Crippen molar-refractivity contribution in [3.05, 3.63) is 48.2 Å². The van der Waals surface area contributed by atoms with Crippen LogP contribution in [-0.4, -0.2) is 24.1 Å². The maximum absolute atomic E-state index is 12.8. The number of hydrogen-bond donors (Lipinski definition) is 1. The number of para-hydroxylation sites is 1. The third kappa shape index (κ3) is 2.78. The zero-order valence-electron chi connectivity index (χ0n) is 12.2. The smallest absolute Gasteiger partial charge is 0.455 e. The molecule has 1 heterocycles. The van der Waals surface area contributed by atoms with E-state index in [1.165, 1.54) is 12.1 Å². The predicted molar refractivity (Wildman–Crippen MR) is 80.6 cm³/mol. The van der Waals surface area contributed by atoms with E-state index in [1.807, 2.05) is 6.07 Å². The molecule has 0 saturated carbocycles. The number of aromatic nitrogens is 2. The molecular weight excluding hydrogens is 359 g/mol. The van der Waals surface area contributed by atoms with Crippen molar-refractivity contribution in [3.63, 3.8) is 0 Å². The van der Waals surface area contributed by atoms with Crippen molar-refractivity contribution < 1.29 is 26.3 Å². The molecule has 0 radical (unpaired) electrons. The molecule has 0 aliphatic heterocycles. The lowest BCUT2D eigenvalue weighted by molar-refractivity contribution is -0.0435. The van der Waals surface area contributed by atoms with Crippen molar-refractivity contribution in [1.29, 1.82) is 5.26 Å². The summed E-state index contributed by atoms with van der Waals surface area (Å²) in [5.74, 6) is 0.242. The average molecular weight is 367 g/mol. The summed E-state index contributed by atoms with van der Waals surface area (Å²) in [4.78, 5) is -0.951. The van der Waals surface area contributed by atoms with Gasteiger partial charge in [-0.25, -0.2) is 8.42 Å². The van der Waals surface area contributed by atoms with E-state index in [0.29, 0.717) is 0 Å². The summed E-state index contributed by atoms with van der Waals surface area (Å²) >= 11 is 0. The van der Waals surface area contributed by atoms with E-state index in [4.69, 9.17) is 10.00 Å². The molecule has 3 aromatic rings. The first-order valence-electron chi connectivity index (χ1n) is 6.70. The van der Waals surface area contributed by atoms with Crippen molar-refractivity contribution in [1.82, 2.24) is 10.2 Å². The molecule has 0 aliphatic carbocycles. The van der Waals surface area contributed by atoms with Gasteiger partial charge in [-0.1, -0.05) is 12.1 Å². The Morgan fingerprint density at radius 1 is 1.12 bits per heavy atom. The van der Waals surface area contributed by atoms with Gasteiger partial charge in [0.2, 0.25) is 0 Å². The number of benzene rings is 2. The number of nitrogens with one attached hydrogen (secondary N) is 1. The van der Waals surface area contributed by atoms with Gasteiger partial charge in [0, 0.05) is 0 Å². The number of sulfone groups is 1. The molecule has 0 aliphatic rings. The summed E-state index contributed by atoms with van der Waals surface area (Å²) in [6, 6.07) is 10.0.